The second kappa shape index (κ2) is 5.54. The third kappa shape index (κ3) is 2.62. The Morgan fingerprint density at radius 1 is 1.30 bits per heavy atom. The molecule has 2 aromatic rings. The highest BCUT2D eigenvalue weighted by molar-refractivity contribution is 9.10. The van der Waals surface area contributed by atoms with Crippen molar-refractivity contribution in [1.82, 2.24) is 9.97 Å². The number of hydrogen-bond donors (Lipinski definition) is 2. The molecule has 2 heterocycles. The summed E-state index contributed by atoms with van der Waals surface area (Å²) in [6.07, 6.45) is 1.71. The van der Waals surface area contributed by atoms with Crippen LogP contribution in [0.15, 0.2) is 28.9 Å². The summed E-state index contributed by atoms with van der Waals surface area (Å²) in [7, 11) is 1.78. The first-order valence-electron chi connectivity index (χ1n) is 6.09. The second-order valence-corrected chi connectivity index (χ2v) is 5.04. The van der Waals surface area contributed by atoms with Gasteiger partial charge in [0.25, 0.3) is 0 Å². The van der Waals surface area contributed by atoms with Crippen LogP contribution in [-0.4, -0.2) is 23.8 Å². The molecule has 1 aliphatic heterocycles. The van der Waals surface area contributed by atoms with Crippen molar-refractivity contribution in [3.8, 4) is 11.5 Å². The number of ether oxygens (including phenoxy) is 2. The summed E-state index contributed by atoms with van der Waals surface area (Å²) in [5, 5.41) is 6.17. The molecular formula is C13H13BrN4O2. The Morgan fingerprint density at radius 3 is 3.00 bits per heavy atom. The fourth-order valence-electron chi connectivity index (χ4n) is 1.85. The number of hydrogen-bond acceptors (Lipinski definition) is 6. The topological polar surface area (TPSA) is 68.3 Å². The van der Waals surface area contributed by atoms with Gasteiger partial charge in [0.1, 0.15) is 5.82 Å². The van der Waals surface area contributed by atoms with Gasteiger partial charge < -0.3 is 20.1 Å². The lowest BCUT2D eigenvalue weighted by molar-refractivity contribution is 0.174. The second-order valence-electron chi connectivity index (χ2n) is 4.18. The van der Waals surface area contributed by atoms with Crippen LogP contribution in [0.25, 0.3) is 0 Å². The van der Waals surface area contributed by atoms with Crippen LogP contribution in [0.2, 0.25) is 0 Å². The zero-order chi connectivity index (χ0) is 13.9. The molecular weight excluding hydrogens is 324 g/mol. The molecule has 0 atom stereocenters. The Morgan fingerprint density at radius 2 is 2.15 bits per heavy atom. The quantitative estimate of drug-likeness (QED) is 0.894. The van der Waals surface area contributed by atoms with Crippen molar-refractivity contribution in [2.45, 2.75) is 6.54 Å². The molecule has 2 N–H and O–H groups in total. The molecule has 0 aliphatic carbocycles. The highest BCUT2D eigenvalue weighted by atomic mass is 79.9. The minimum absolute atomic E-state index is 0.287. The monoisotopic (exact) mass is 336 g/mol. The molecule has 0 radical (unpaired) electrons. The Kier molecular flexibility index (Phi) is 3.60. The van der Waals surface area contributed by atoms with Crippen molar-refractivity contribution in [2.75, 3.05) is 24.5 Å². The van der Waals surface area contributed by atoms with Gasteiger partial charge in [0, 0.05) is 19.8 Å². The Bertz CT molecular complexity index is 636. The largest absolute Gasteiger partial charge is 0.454 e. The van der Waals surface area contributed by atoms with Gasteiger partial charge in [-0.15, -0.1) is 0 Å². The van der Waals surface area contributed by atoms with Gasteiger partial charge in [0.2, 0.25) is 12.7 Å². The Labute approximate surface area is 124 Å². The Balaban J connectivity index is 1.73. The maximum Gasteiger partial charge on any atom is 0.231 e. The first-order valence-corrected chi connectivity index (χ1v) is 6.88. The molecule has 6 nitrogen and oxygen atoms in total. The summed E-state index contributed by atoms with van der Waals surface area (Å²) >= 11 is 3.42. The molecule has 0 saturated heterocycles. The van der Waals surface area contributed by atoms with Gasteiger partial charge in [0.15, 0.2) is 11.5 Å². The SMILES string of the molecule is CNc1ncc(Br)c(NCc2ccc3c(c2)OCO3)n1. The fraction of sp³-hybridized carbons (Fsp3) is 0.231. The van der Waals surface area contributed by atoms with Crippen LogP contribution in [-0.2, 0) is 6.54 Å². The van der Waals surface area contributed by atoms with Gasteiger partial charge in [-0.25, -0.2) is 4.98 Å². The van der Waals surface area contributed by atoms with E-state index in [4.69, 9.17) is 9.47 Å². The molecule has 1 aliphatic rings. The summed E-state index contributed by atoms with van der Waals surface area (Å²) in [6.45, 7) is 0.921. The molecule has 0 unspecified atom stereocenters. The molecule has 1 aromatic carbocycles. The summed E-state index contributed by atoms with van der Waals surface area (Å²) in [5.74, 6) is 2.87. The Hall–Kier alpha value is -2.02. The molecule has 20 heavy (non-hydrogen) atoms. The number of anilines is 2. The highest BCUT2D eigenvalue weighted by Gasteiger charge is 2.13. The lowest BCUT2D eigenvalue weighted by Gasteiger charge is -2.09. The van der Waals surface area contributed by atoms with Crippen molar-refractivity contribution in [3.05, 3.63) is 34.4 Å². The van der Waals surface area contributed by atoms with E-state index in [0.29, 0.717) is 12.5 Å². The summed E-state index contributed by atoms with van der Waals surface area (Å²) in [5.41, 5.74) is 1.09. The summed E-state index contributed by atoms with van der Waals surface area (Å²) < 4.78 is 11.5. The average Bonchev–Trinajstić information content (AvgIpc) is 2.94. The van der Waals surface area contributed by atoms with Gasteiger partial charge in [0.05, 0.1) is 4.47 Å². The number of nitrogens with zero attached hydrogens (tertiary/aromatic N) is 2. The standard InChI is InChI=1S/C13H13BrN4O2/c1-15-13-17-6-9(14)12(18-13)16-5-8-2-3-10-11(4-8)20-7-19-10/h2-4,6H,5,7H2,1H3,(H2,15,16,17,18). The van der Waals surface area contributed by atoms with E-state index in [2.05, 4.69) is 36.5 Å². The lowest BCUT2D eigenvalue weighted by atomic mass is 10.2. The number of halogens is 1. The normalized spacial score (nSPS) is 12.3. The molecule has 104 valence electrons. The predicted octanol–water partition coefficient (Wildman–Crippen LogP) is 2.62. The average molecular weight is 337 g/mol. The van der Waals surface area contributed by atoms with Gasteiger partial charge in [-0.05, 0) is 33.6 Å². The number of rotatable bonds is 4. The molecule has 3 rings (SSSR count). The summed E-state index contributed by atoms with van der Waals surface area (Å²) in [4.78, 5) is 8.46. The van der Waals surface area contributed by atoms with E-state index in [-0.39, 0.29) is 6.79 Å². The third-order valence-electron chi connectivity index (χ3n) is 2.86. The van der Waals surface area contributed by atoms with E-state index in [1.54, 1.807) is 13.2 Å². The van der Waals surface area contributed by atoms with Crippen molar-refractivity contribution in [2.24, 2.45) is 0 Å². The van der Waals surface area contributed by atoms with E-state index < -0.39 is 0 Å². The minimum atomic E-state index is 0.287. The van der Waals surface area contributed by atoms with Crippen LogP contribution in [0.1, 0.15) is 5.56 Å². The first kappa shape index (κ1) is 13.0. The number of benzene rings is 1. The maximum absolute atomic E-state index is 5.36. The van der Waals surface area contributed by atoms with Crippen LogP contribution in [0.4, 0.5) is 11.8 Å². The smallest absolute Gasteiger partial charge is 0.231 e. The van der Waals surface area contributed by atoms with Crippen LogP contribution < -0.4 is 20.1 Å². The van der Waals surface area contributed by atoms with Gasteiger partial charge in [-0.1, -0.05) is 6.07 Å². The summed E-state index contributed by atoms with van der Waals surface area (Å²) in [6, 6.07) is 5.87. The van der Waals surface area contributed by atoms with E-state index in [0.717, 1.165) is 27.4 Å². The predicted molar refractivity (Wildman–Crippen MR) is 79.2 cm³/mol. The minimum Gasteiger partial charge on any atom is -0.454 e. The molecule has 1 aromatic heterocycles. The van der Waals surface area contributed by atoms with Crippen molar-refractivity contribution in [3.63, 3.8) is 0 Å². The molecule has 0 bridgehead atoms. The molecule has 0 saturated carbocycles. The first-order chi connectivity index (χ1) is 9.76. The molecule has 0 fully saturated rings. The van der Waals surface area contributed by atoms with Crippen LogP contribution in [0.5, 0.6) is 11.5 Å². The van der Waals surface area contributed by atoms with Crippen molar-refractivity contribution < 1.29 is 9.47 Å². The van der Waals surface area contributed by atoms with Gasteiger partial charge >= 0.3 is 0 Å². The van der Waals surface area contributed by atoms with Crippen molar-refractivity contribution >= 4 is 27.7 Å². The molecule has 0 amide bonds. The van der Waals surface area contributed by atoms with Gasteiger partial charge in [-0.2, -0.15) is 4.98 Å². The number of fused-ring (bicyclic) bond motifs is 1. The van der Waals surface area contributed by atoms with Crippen LogP contribution in [0, 0.1) is 0 Å². The zero-order valence-corrected chi connectivity index (χ0v) is 12.4. The van der Waals surface area contributed by atoms with Crippen LogP contribution in [0.3, 0.4) is 0 Å². The third-order valence-corrected chi connectivity index (χ3v) is 3.44. The van der Waals surface area contributed by atoms with E-state index in [9.17, 15) is 0 Å². The lowest BCUT2D eigenvalue weighted by Crippen LogP contribution is -2.05. The maximum atomic E-state index is 5.36. The molecule has 7 heteroatoms. The van der Waals surface area contributed by atoms with Crippen molar-refractivity contribution in [1.29, 1.82) is 0 Å². The zero-order valence-electron chi connectivity index (χ0n) is 10.8. The van der Waals surface area contributed by atoms with Crippen LogP contribution >= 0.6 is 15.9 Å². The fourth-order valence-corrected chi connectivity index (χ4v) is 2.18. The number of aromatic nitrogens is 2. The van der Waals surface area contributed by atoms with E-state index in [1.165, 1.54) is 0 Å². The number of nitrogens with one attached hydrogen (secondary N) is 2. The van der Waals surface area contributed by atoms with E-state index in [1.807, 2.05) is 18.2 Å². The van der Waals surface area contributed by atoms with E-state index >= 15 is 0 Å². The van der Waals surface area contributed by atoms with Gasteiger partial charge in [-0.3, -0.25) is 0 Å². The highest BCUT2D eigenvalue weighted by Crippen LogP contribution is 2.32. The molecule has 0 spiro atoms.